The normalized spacial score (nSPS) is 12.5. The highest BCUT2D eigenvalue weighted by Crippen LogP contribution is 2.10. The summed E-state index contributed by atoms with van der Waals surface area (Å²) in [5, 5.41) is 3.24. The number of aromatic nitrogens is 1. The maximum Gasteiger partial charge on any atom is 0.250 e. The van der Waals surface area contributed by atoms with Crippen LogP contribution in [-0.2, 0) is 0 Å². The molecule has 0 aliphatic heterocycles. The molecule has 1 heterocycles. The van der Waals surface area contributed by atoms with Gasteiger partial charge in [-0.2, -0.15) is 0 Å². The average Bonchev–Trinajstić information content (AvgIpc) is 2.28. The van der Waals surface area contributed by atoms with Gasteiger partial charge in [0.1, 0.15) is 5.82 Å². The minimum absolute atomic E-state index is 0.196. The average molecular weight is 236 g/mol. The largest absolute Gasteiger partial charge is 0.366 e. The molecule has 1 amide bonds. The Bertz CT molecular complexity index is 361. The highest BCUT2D eigenvalue weighted by atomic mass is 16.1. The predicted molar refractivity (Wildman–Crippen MR) is 68.7 cm³/mol. The number of amides is 1. The molecule has 5 N–H and O–H groups in total. The van der Waals surface area contributed by atoms with Crippen LogP contribution in [0.15, 0.2) is 18.3 Å². The molecule has 94 valence electrons. The van der Waals surface area contributed by atoms with E-state index in [2.05, 4.69) is 24.1 Å². The topological polar surface area (TPSA) is 94.0 Å². The number of hydrogen-bond donors (Lipinski definition) is 3. The van der Waals surface area contributed by atoms with E-state index in [4.69, 9.17) is 11.5 Å². The van der Waals surface area contributed by atoms with Crippen molar-refractivity contribution >= 4 is 11.7 Å². The van der Waals surface area contributed by atoms with Crippen molar-refractivity contribution in [3.8, 4) is 0 Å². The number of nitrogens with two attached hydrogens (primary N) is 2. The van der Waals surface area contributed by atoms with Gasteiger partial charge in [-0.25, -0.2) is 4.98 Å². The van der Waals surface area contributed by atoms with Crippen molar-refractivity contribution < 1.29 is 4.79 Å². The molecular weight excluding hydrogens is 216 g/mol. The Kier molecular flexibility index (Phi) is 4.90. The molecule has 5 heteroatoms. The molecule has 0 aromatic carbocycles. The van der Waals surface area contributed by atoms with Crippen molar-refractivity contribution in [1.82, 2.24) is 4.98 Å². The fraction of sp³-hybridized carbons (Fsp3) is 0.500. The van der Waals surface area contributed by atoms with E-state index in [1.54, 1.807) is 12.1 Å². The third-order valence-corrected chi connectivity index (χ3v) is 2.44. The summed E-state index contributed by atoms with van der Waals surface area (Å²) in [4.78, 5) is 15.0. The first-order valence-corrected chi connectivity index (χ1v) is 5.75. The summed E-state index contributed by atoms with van der Waals surface area (Å²) in [5.74, 6) is 0.814. The first-order valence-electron chi connectivity index (χ1n) is 5.75. The van der Waals surface area contributed by atoms with E-state index in [1.165, 1.54) is 6.20 Å². The van der Waals surface area contributed by atoms with Crippen molar-refractivity contribution in [2.45, 2.75) is 26.3 Å². The van der Waals surface area contributed by atoms with Gasteiger partial charge in [0.25, 0.3) is 0 Å². The zero-order valence-corrected chi connectivity index (χ0v) is 10.3. The molecule has 0 spiro atoms. The molecule has 1 aromatic heterocycles. The van der Waals surface area contributed by atoms with Gasteiger partial charge in [-0.15, -0.1) is 0 Å². The lowest BCUT2D eigenvalue weighted by Gasteiger charge is -2.19. The summed E-state index contributed by atoms with van der Waals surface area (Å²) in [6.07, 6.45) is 2.45. The number of carbonyl (C=O) groups excluding carboxylic acids is 1. The third kappa shape index (κ3) is 4.40. The van der Waals surface area contributed by atoms with Crippen LogP contribution in [0.1, 0.15) is 30.6 Å². The molecular formula is C12H20N4O. The molecule has 1 atom stereocenters. The minimum atomic E-state index is -0.471. The maximum absolute atomic E-state index is 10.9. The van der Waals surface area contributed by atoms with Crippen LogP contribution in [0.3, 0.4) is 0 Å². The number of carbonyl (C=O) groups is 1. The van der Waals surface area contributed by atoms with Crippen molar-refractivity contribution in [3.05, 3.63) is 23.9 Å². The van der Waals surface area contributed by atoms with Crippen LogP contribution < -0.4 is 16.8 Å². The highest BCUT2D eigenvalue weighted by molar-refractivity contribution is 5.92. The fourth-order valence-electron chi connectivity index (χ4n) is 1.62. The number of hydrogen-bond acceptors (Lipinski definition) is 4. The molecule has 0 aliphatic carbocycles. The summed E-state index contributed by atoms with van der Waals surface area (Å²) >= 11 is 0. The Morgan fingerprint density at radius 2 is 2.18 bits per heavy atom. The Morgan fingerprint density at radius 3 is 2.59 bits per heavy atom. The van der Waals surface area contributed by atoms with E-state index in [-0.39, 0.29) is 6.04 Å². The zero-order valence-electron chi connectivity index (χ0n) is 10.3. The SMILES string of the molecule is CC(C)CC(CN)Nc1ccc(C(N)=O)cn1. The Balaban J connectivity index is 2.64. The van der Waals surface area contributed by atoms with Gasteiger partial charge >= 0.3 is 0 Å². The molecule has 0 saturated heterocycles. The van der Waals surface area contributed by atoms with Crippen LogP contribution in [-0.4, -0.2) is 23.5 Å². The van der Waals surface area contributed by atoms with E-state index < -0.39 is 5.91 Å². The van der Waals surface area contributed by atoms with Crippen LogP contribution >= 0.6 is 0 Å². The molecule has 5 nitrogen and oxygen atoms in total. The van der Waals surface area contributed by atoms with E-state index in [0.717, 1.165) is 6.42 Å². The number of nitrogens with one attached hydrogen (secondary N) is 1. The van der Waals surface area contributed by atoms with Crippen LogP contribution in [0.2, 0.25) is 0 Å². The number of nitrogens with zero attached hydrogens (tertiary/aromatic N) is 1. The smallest absolute Gasteiger partial charge is 0.250 e. The Morgan fingerprint density at radius 1 is 1.47 bits per heavy atom. The first kappa shape index (κ1) is 13.4. The Hall–Kier alpha value is -1.62. The maximum atomic E-state index is 10.9. The second-order valence-corrected chi connectivity index (χ2v) is 4.50. The fourth-order valence-corrected chi connectivity index (χ4v) is 1.62. The van der Waals surface area contributed by atoms with E-state index >= 15 is 0 Å². The lowest BCUT2D eigenvalue weighted by molar-refractivity contribution is 0.1000. The highest BCUT2D eigenvalue weighted by Gasteiger charge is 2.09. The molecule has 0 saturated carbocycles. The van der Waals surface area contributed by atoms with Gasteiger partial charge in [0.15, 0.2) is 0 Å². The van der Waals surface area contributed by atoms with Gasteiger partial charge in [0.2, 0.25) is 5.91 Å². The van der Waals surface area contributed by atoms with Crippen LogP contribution in [0, 0.1) is 5.92 Å². The van der Waals surface area contributed by atoms with Crippen LogP contribution in [0.4, 0.5) is 5.82 Å². The van der Waals surface area contributed by atoms with Crippen LogP contribution in [0.25, 0.3) is 0 Å². The summed E-state index contributed by atoms with van der Waals surface area (Å²) in [6.45, 7) is 4.85. The lowest BCUT2D eigenvalue weighted by Crippen LogP contribution is -2.30. The van der Waals surface area contributed by atoms with Gasteiger partial charge in [0, 0.05) is 18.8 Å². The van der Waals surface area contributed by atoms with Crippen LogP contribution in [0.5, 0.6) is 0 Å². The van der Waals surface area contributed by atoms with Gasteiger partial charge in [-0.05, 0) is 24.5 Å². The van der Waals surface area contributed by atoms with E-state index in [1.807, 2.05) is 0 Å². The number of pyridine rings is 1. The molecule has 1 rings (SSSR count). The summed E-state index contributed by atoms with van der Waals surface area (Å²) < 4.78 is 0. The number of anilines is 1. The number of primary amides is 1. The van der Waals surface area contributed by atoms with Gasteiger partial charge in [-0.1, -0.05) is 13.8 Å². The summed E-state index contributed by atoms with van der Waals surface area (Å²) in [6, 6.07) is 3.59. The zero-order chi connectivity index (χ0) is 12.8. The molecule has 0 bridgehead atoms. The van der Waals surface area contributed by atoms with Gasteiger partial charge in [-0.3, -0.25) is 4.79 Å². The second-order valence-electron chi connectivity index (χ2n) is 4.50. The summed E-state index contributed by atoms with van der Waals surface area (Å²) in [5.41, 5.74) is 11.2. The molecule has 0 radical (unpaired) electrons. The van der Waals surface area contributed by atoms with Crippen molar-refractivity contribution in [3.63, 3.8) is 0 Å². The van der Waals surface area contributed by atoms with Gasteiger partial charge in [0.05, 0.1) is 5.56 Å². The molecule has 1 unspecified atom stereocenters. The quantitative estimate of drug-likeness (QED) is 0.686. The minimum Gasteiger partial charge on any atom is -0.366 e. The summed E-state index contributed by atoms with van der Waals surface area (Å²) in [7, 11) is 0. The monoisotopic (exact) mass is 236 g/mol. The van der Waals surface area contributed by atoms with E-state index in [0.29, 0.717) is 23.8 Å². The molecule has 17 heavy (non-hydrogen) atoms. The first-order chi connectivity index (χ1) is 8.02. The molecule has 1 aromatic rings. The molecule has 0 aliphatic rings. The third-order valence-electron chi connectivity index (χ3n) is 2.44. The van der Waals surface area contributed by atoms with E-state index in [9.17, 15) is 4.79 Å². The van der Waals surface area contributed by atoms with Crippen molar-refractivity contribution in [1.29, 1.82) is 0 Å². The second kappa shape index (κ2) is 6.20. The van der Waals surface area contributed by atoms with Crippen molar-refractivity contribution in [2.24, 2.45) is 17.4 Å². The van der Waals surface area contributed by atoms with Crippen molar-refractivity contribution in [2.75, 3.05) is 11.9 Å². The van der Waals surface area contributed by atoms with Gasteiger partial charge < -0.3 is 16.8 Å². The Labute approximate surface area is 102 Å². The lowest BCUT2D eigenvalue weighted by atomic mass is 10.0. The predicted octanol–water partition coefficient (Wildman–Crippen LogP) is 0.966. The molecule has 0 fully saturated rings. The number of rotatable bonds is 6. The standard InChI is InChI=1S/C12H20N4O/c1-8(2)5-10(6-13)16-11-4-3-9(7-15-11)12(14)17/h3-4,7-8,10H,5-6,13H2,1-2H3,(H2,14,17)(H,15,16).